The van der Waals surface area contributed by atoms with Gasteiger partial charge < -0.3 is 20.6 Å². The SMILES string of the molecule is CC(=O)Sc1nc[nH]c1CC(N)C(=O)O.CCCCC=O. The molecule has 21 heavy (non-hydrogen) atoms. The Hall–Kier alpha value is -1.67. The summed E-state index contributed by atoms with van der Waals surface area (Å²) in [4.78, 5) is 37.6. The van der Waals surface area contributed by atoms with Crippen LogP contribution >= 0.6 is 11.8 Å². The van der Waals surface area contributed by atoms with Crippen molar-refractivity contribution in [3.8, 4) is 0 Å². The monoisotopic (exact) mass is 315 g/mol. The molecule has 1 rings (SSSR count). The minimum Gasteiger partial charge on any atom is -0.480 e. The number of aromatic nitrogens is 2. The zero-order valence-electron chi connectivity index (χ0n) is 12.2. The summed E-state index contributed by atoms with van der Waals surface area (Å²) in [5, 5.41) is 9.00. The number of carboxylic acids is 1. The third kappa shape index (κ3) is 8.98. The van der Waals surface area contributed by atoms with Gasteiger partial charge >= 0.3 is 5.97 Å². The van der Waals surface area contributed by atoms with Crippen LogP contribution in [-0.2, 0) is 20.8 Å². The lowest BCUT2D eigenvalue weighted by atomic mass is 10.2. The van der Waals surface area contributed by atoms with Gasteiger partial charge in [-0.25, -0.2) is 4.98 Å². The molecule has 4 N–H and O–H groups in total. The minimum absolute atomic E-state index is 0.104. The van der Waals surface area contributed by atoms with Gasteiger partial charge in [0.15, 0.2) is 5.12 Å². The van der Waals surface area contributed by atoms with E-state index in [1.54, 1.807) is 0 Å². The van der Waals surface area contributed by atoms with Crippen LogP contribution in [0.25, 0.3) is 0 Å². The van der Waals surface area contributed by atoms with E-state index in [1.165, 1.54) is 13.3 Å². The Balaban J connectivity index is 0.000000567. The van der Waals surface area contributed by atoms with Crippen LogP contribution in [0.5, 0.6) is 0 Å². The van der Waals surface area contributed by atoms with E-state index in [-0.39, 0.29) is 11.5 Å². The topological polar surface area (TPSA) is 126 Å². The largest absolute Gasteiger partial charge is 0.480 e. The number of nitrogens with zero attached hydrogens (tertiary/aromatic N) is 1. The summed E-state index contributed by atoms with van der Waals surface area (Å²) in [6.45, 7) is 3.49. The van der Waals surface area contributed by atoms with Crippen LogP contribution in [-0.4, -0.2) is 38.5 Å². The Labute approximate surface area is 127 Å². The number of imidazole rings is 1. The number of carbonyl (C=O) groups excluding carboxylic acids is 2. The van der Waals surface area contributed by atoms with Gasteiger partial charge in [-0.3, -0.25) is 9.59 Å². The molecule has 0 fully saturated rings. The normalized spacial score (nSPS) is 11.2. The maximum Gasteiger partial charge on any atom is 0.320 e. The molecule has 0 spiro atoms. The number of nitrogens with one attached hydrogen (secondary N) is 1. The van der Waals surface area contributed by atoms with Crippen molar-refractivity contribution in [3.63, 3.8) is 0 Å². The maximum atomic E-state index is 10.8. The number of H-pyrrole nitrogens is 1. The lowest BCUT2D eigenvalue weighted by Gasteiger charge is -2.05. The predicted octanol–water partition coefficient (Wildman–Crippen LogP) is 1.38. The Bertz CT molecular complexity index is 462. The Morgan fingerprint density at radius 2 is 2.24 bits per heavy atom. The molecule has 0 aliphatic heterocycles. The highest BCUT2D eigenvalue weighted by Crippen LogP contribution is 2.20. The molecule has 7 nitrogen and oxygen atoms in total. The number of hydrogen-bond donors (Lipinski definition) is 3. The van der Waals surface area contributed by atoms with Gasteiger partial charge in [-0.05, 0) is 18.2 Å². The summed E-state index contributed by atoms with van der Waals surface area (Å²) in [6, 6.07) is -0.989. The van der Waals surface area contributed by atoms with Gasteiger partial charge in [-0.1, -0.05) is 13.3 Å². The Kier molecular flexibility index (Phi) is 10.2. The fourth-order valence-corrected chi connectivity index (χ4v) is 1.92. The summed E-state index contributed by atoms with van der Waals surface area (Å²) in [5.74, 6) is -1.08. The van der Waals surface area contributed by atoms with E-state index in [1.807, 2.05) is 0 Å². The van der Waals surface area contributed by atoms with Crippen molar-refractivity contribution in [2.24, 2.45) is 5.73 Å². The van der Waals surface area contributed by atoms with Crippen LogP contribution in [0.3, 0.4) is 0 Å². The molecule has 0 aromatic carbocycles. The van der Waals surface area contributed by atoms with E-state index in [9.17, 15) is 14.4 Å². The van der Waals surface area contributed by atoms with Gasteiger partial charge in [0.05, 0.1) is 12.0 Å². The lowest BCUT2D eigenvalue weighted by Crippen LogP contribution is -2.32. The van der Waals surface area contributed by atoms with Crippen LogP contribution < -0.4 is 5.73 Å². The van der Waals surface area contributed by atoms with Crippen molar-refractivity contribution in [2.75, 3.05) is 0 Å². The molecule has 0 radical (unpaired) electrons. The highest BCUT2D eigenvalue weighted by Gasteiger charge is 2.17. The van der Waals surface area contributed by atoms with Crippen LogP contribution in [0.15, 0.2) is 11.4 Å². The number of aromatic amines is 1. The molecule has 118 valence electrons. The number of carboxylic acid groups (broad SMARTS) is 1. The predicted molar refractivity (Wildman–Crippen MR) is 80.0 cm³/mol. The Morgan fingerprint density at radius 3 is 2.67 bits per heavy atom. The lowest BCUT2D eigenvalue weighted by molar-refractivity contribution is -0.138. The number of nitrogens with two attached hydrogens (primary N) is 1. The number of carbonyl (C=O) groups is 3. The molecule has 1 unspecified atom stereocenters. The average molecular weight is 315 g/mol. The third-order valence-corrected chi connectivity index (χ3v) is 3.17. The molecule has 0 saturated heterocycles. The molecule has 0 saturated carbocycles. The molecular formula is C13H21N3O4S. The van der Waals surface area contributed by atoms with Gasteiger partial charge in [0.1, 0.15) is 17.4 Å². The third-order valence-electron chi connectivity index (χ3n) is 2.34. The van der Waals surface area contributed by atoms with E-state index in [2.05, 4.69) is 16.9 Å². The van der Waals surface area contributed by atoms with Crippen LogP contribution in [0, 0.1) is 0 Å². The Morgan fingerprint density at radius 1 is 1.57 bits per heavy atom. The molecular weight excluding hydrogens is 294 g/mol. The molecule has 0 aliphatic carbocycles. The molecule has 0 aliphatic rings. The second-order valence-electron chi connectivity index (χ2n) is 4.24. The first-order chi connectivity index (χ1) is 9.92. The van der Waals surface area contributed by atoms with Gasteiger partial charge in [0, 0.05) is 19.8 Å². The molecule has 1 atom stereocenters. The fourth-order valence-electron chi connectivity index (χ4n) is 1.27. The van der Waals surface area contributed by atoms with Crippen molar-refractivity contribution in [2.45, 2.75) is 50.6 Å². The molecule has 8 heteroatoms. The van der Waals surface area contributed by atoms with E-state index < -0.39 is 12.0 Å². The summed E-state index contributed by atoms with van der Waals surface area (Å²) in [6.07, 6.45) is 5.41. The smallest absolute Gasteiger partial charge is 0.320 e. The number of unbranched alkanes of at least 4 members (excludes halogenated alkanes) is 2. The van der Waals surface area contributed by atoms with Crippen molar-refractivity contribution in [1.29, 1.82) is 0 Å². The number of thioether (sulfide) groups is 1. The molecule has 1 heterocycles. The van der Waals surface area contributed by atoms with Gasteiger partial charge in [0.25, 0.3) is 0 Å². The highest BCUT2D eigenvalue weighted by atomic mass is 32.2. The standard InChI is InChI=1S/C8H11N3O3S.C5H10O/c1-4(12)15-7-6(10-3-11-7)2-5(9)8(13)14;1-2-3-4-5-6/h3,5H,2,9H2,1H3,(H,10,11)(H,13,14);5H,2-4H2,1H3. The molecule has 1 aromatic heterocycles. The van der Waals surface area contributed by atoms with Crippen molar-refractivity contribution >= 4 is 29.1 Å². The van der Waals surface area contributed by atoms with E-state index in [0.717, 1.165) is 37.3 Å². The zero-order valence-corrected chi connectivity index (χ0v) is 13.0. The van der Waals surface area contributed by atoms with Gasteiger partial charge in [0.2, 0.25) is 0 Å². The maximum absolute atomic E-state index is 10.8. The summed E-state index contributed by atoms with van der Waals surface area (Å²) in [7, 11) is 0. The molecule has 1 aromatic rings. The zero-order chi connectivity index (χ0) is 16.3. The number of hydrogen-bond acceptors (Lipinski definition) is 6. The van der Waals surface area contributed by atoms with Crippen molar-refractivity contribution < 1.29 is 19.5 Å². The number of aliphatic carboxylic acids is 1. The van der Waals surface area contributed by atoms with Crippen molar-refractivity contribution in [1.82, 2.24) is 9.97 Å². The summed E-state index contributed by atoms with van der Waals surface area (Å²) >= 11 is 0.956. The van der Waals surface area contributed by atoms with Gasteiger partial charge in [-0.2, -0.15) is 0 Å². The second-order valence-corrected chi connectivity index (χ2v) is 5.40. The summed E-state index contributed by atoms with van der Waals surface area (Å²) < 4.78 is 0. The first-order valence-corrected chi connectivity index (χ1v) is 7.36. The van der Waals surface area contributed by atoms with E-state index >= 15 is 0 Å². The number of rotatable bonds is 7. The fraction of sp³-hybridized carbons (Fsp3) is 0.538. The average Bonchev–Trinajstić information content (AvgIpc) is 2.83. The number of aldehydes is 1. The molecule has 0 bridgehead atoms. The van der Waals surface area contributed by atoms with Crippen LogP contribution in [0.2, 0.25) is 0 Å². The highest BCUT2D eigenvalue weighted by molar-refractivity contribution is 8.13. The van der Waals surface area contributed by atoms with E-state index in [0.29, 0.717) is 10.7 Å². The minimum atomic E-state index is -1.08. The first kappa shape index (κ1) is 19.3. The van der Waals surface area contributed by atoms with Crippen LogP contribution in [0.4, 0.5) is 0 Å². The summed E-state index contributed by atoms with van der Waals surface area (Å²) in [5.41, 5.74) is 5.94. The van der Waals surface area contributed by atoms with Crippen LogP contribution in [0.1, 0.15) is 38.8 Å². The van der Waals surface area contributed by atoms with E-state index in [4.69, 9.17) is 10.8 Å². The quantitative estimate of drug-likeness (QED) is 0.394. The first-order valence-electron chi connectivity index (χ1n) is 6.55. The second kappa shape index (κ2) is 11.0. The van der Waals surface area contributed by atoms with Gasteiger partial charge in [-0.15, -0.1) is 0 Å². The molecule has 0 amide bonds. The van der Waals surface area contributed by atoms with Crippen molar-refractivity contribution in [3.05, 3.63) is 12.0 Å².